The fourth-order valence-corrected chi connectivity index (χ4v) is 1.70. The highest BCUT2D eigenvalue weighted by atomic mass is 19.1. The van der Waals surface area contributed by atoms with Crippen molar-refractivity contribution in [3.63, 3.8) is 0 Å². The molecule has 1 heterocycles. The van der Waals surface area contributed by atoms with Crippen LogP contribution in [0, 0.1) is 5.92 Å². The number of rotatable bonds is 2. The summed E-state index contributed by atoms with van der Waals surface area (Å²) < 4.78 is 12.8. The van der Waals surface area contributed by atoms with Crippen molar-refractivity contribution in [2.45, 2.75) is 45.8 Å². The molecule has 1 atom stereocenters. The van der Waals surface area contributed by atoms with Crippen molar-refractivity contribution < 1.29 is 4.39 Å². The van der Waals surface area contributed by atoms with Crippen molar-refractivity contribution in [3.8, 4) is 0 Å². The molecule has 1 nitrogen and oxygen atoms in total. The summed E-state index contributed by atoms with van der Waals surface area (Å²) in [5, 5.41) is 0. The Morgan fingerprint density at radius 1 is 1.17 bits per heavy atom. The van der Waals surface area contributed by atoms with E-state index in [1.54, 1.807) is 0 Å². The van der Waals surface area contributed by atoms with Crippen molar-refractivity contribution >= 4 is 0 Å². The van der Waals surface area contributed by atoms with E-state index in [1.807, 2.05) is 0 Å². The van der Waals surface area contributed by atoms with Gasteiger partial charge in [0, 0.05) is 19.1 Å². The molecule has 0 saturated carbocycles. The molecule has 1 rings (SSSR count). The van der Waals surface area contributed by atoms with Gasteiger partial charge < -0.3 is 4.90 Å². The molecule has 1 unspecified atom stereocenters. The van der Waals surface area contributed by atoms with Crippen LogP contribution < -0.4 is 0 Å². The normalized spacial score (nSPS) is 24.8. The van der Waals surface area contributed by atoms with Gasteiger partial charge in [-0.2, -0.15) is 0 Å². The zero-order valence-corrected chi connectivity index (χ0v) is 8.39. The van der Waals surface area contributed by atoms with Crippen molar-refractivity contribution in [2.24, 2.45) is 5.92 Å². The van der Waals surface area contributed by atoms with Gasteiger partial charge in [-0.15, -0.1) is 0 Å². The molecule has 1 fully saturated rings. The number of likely N-dealkylation sites (tertiary alicyclic amines) is 1. The number of alkyl halides is 1. The second-order valence-corrected chi connectivity index (χ2v) is 4.20. The summed E-state index contributed by atoms with van der Waals surface area (Å²) in [5.74, 6) is 0.682. The van der Waals surface area contributed by atoms with Gasteiger partial charge in [0.2, 0.25) is 0 Å². The first-order valence-corrected chi connectivity index (χ1v) is 4.99. The van der Waals surface area contributed by atoms with Crippen LogP contribution in [-0.4, -0.2) is 30.2 Å². The molecule has 0 aromatic heterocycles. The van der Waals surface area contributed by atoms with Gasteiger partial charge in [0.1, 0.15) is 6.17 Å². The lowest BCUT2D eigenvalue weighted by Gasteiger charge is -2.35. The molecule has 0 bridgehead atoms. The SMILES string of the molecule is CC(C)C(C)N1CCC(F)CC1. The number of piperidine rings is 1. The average Bonchev–Trinajstić information content (AvgIpc) is 2.04. The topological polar surface area (TPSA) is 3.24 Å². The van der Waals surface area contributed by atoms with Crippen LogP contribution in [0.5, 0.6) is 0 Å². The van der Waals surface area contributed by atoms with Crippen LogP contribution in [0.2, 0.25) is 0 Å². The van der Waals surface area contributed by atoms with E-state index >= 15 is 0 Å². The van der Waals surface area contributed by atoms with Gasteiger partial charge in [0.15, 0.2) is 0 Å². The molecule has 1 aliphatic heterocycles. The zero-order valence-electron chi connectivity index (χ0n) is 8.39. The van der Waals surface area contributed by atoms with E-state index in [9.17, 15) is 4.39 Å². The summed E-state index contributed by atoms with van der Waals surface area (Å²) in [6.45, 7) is 8.59. The van der Waals surface area contributed by atoms with E-state index in [0.29, 0.717) is 12.0 Å². The van der Waals surface area contributed by atoms with E-state index in [4.69, 9.17) is 0 Å². The quantitative estimate of drug-likeness (QED) is 0.620. The molecule has 72 valence electrons. The van der Waals surface area contributed by atoms with Gasteiger partial charge in [0.05, 0.1) is 0 Å². The Hall–Kier alpha value is -0.110. The first kappa shape index (κ1) is 9.97. The maximum atomic E-state index is 12.8. The Morgan fingerprint density at radius 3 is 2.08 bits per heavy atom. The van der Waals surface area contributed by atoms with Gasteiger partial charge >= 0.3 is 0 Å². The first-order chi connectivity index (χ1) is 5.61. The molecule has 0 amide bonds. The van der Waals surface area contributed by atoms with E-state index in [1.165, 1.54) is 0 Å². The fraction of sp³-hybridized carbons (Fsp3) is 1.00. The lowest BCUT2D eigenvalue weighted by molar-refractivity contribution is 0.0973. The highest BCUT2D eigenvalue weighted by Crippen LogP contribution is 2.18. The molecule has 2 heteroatoms. The minimum absolute atomic E-state index is 0.541. The summed E-state index contributed by atoms with van der Waals surface area (Å²) in [5.41, 5.74) is 0. The molecule has 0 N–H and O–H groups in total. The second kappa shape index (κ2) is 4.22. The van der Waals surface area contributed by atoms with Gasteiger partial charge in [-0.3, -0.25) is 0 Å². The van der Waals surface area contributed by atoms with Crippen molar-refractivity contribution in [3.05, 3.63) is 0 Å². The molecule has 0 spiro atoms. The Bertz CT molecular complexity index is 128. The van der Waals surface area contributed by atoms with Gasteiger partial charge in [-0.25, -0.2) is 4.39 Å². The van der Waals surface area contributed by atoms with Gasteiger partial charge in [-0.1, -0.05) is 13.8 Å². The molecule has 1 aliphatic rings. The Labute approximate surface area is 74.9 Å². The maximum Gasteiger partial charge on any atom is 0.103 e. The molecule has 12 heavy (non-hydrogen) atoms. The standard InChI is InChI=1S/C10H20FN/c1-8(2)9(3)12-6-4-10(11)5-7-12/h8-10H,4-7H2,1-3H3. The zero-order chi connectivity index (χ0) is 9.14. The van der Waals surface area contributed by atoms with Crippen LogP contribution in [0.15, 0.2) is 0 Å². The minimum atomic E-state index is -0.541. The van der Waals surface area contributed by atoms with E-state index in [-0.39, 0.29) is 0 Å². The lowest BCUT2D eigenvalue weighted by Crippen LogP contribution is -2.42. The second-order valence-electron chi connectivity index (χ2n) is 4.20. The van der Waals surface area contributed by atoms with E-state index < -0.39 is 6.17 Å². The average molecular weight is 173 g/mol. The van der Waals surface area contributed by atoms with E-state index in [2.05, 4.69) is 25.7 Å². The van der Waals surface area contributed by atoms with Gasteiger partial charge in [0.25, 0.3) is 0 Å². The summed E-state index contributed by atoms with van der Waals surface area (Å²) >= 11 is 0. The summed E-state index contributed by atoms with van der Waals surface area (Å²) in [6, 6.07) is 0.609. The van der Waals surface area contributed by atoms with Crippen LogP contribution in [0.1, 0.15) is 33.6 Å². The minimum Gasteiger partial charge on any atom is -0.300 e. The molecule has 0 radical (unpaired) electrons. The predicted octanol–water partition coefficient (Wildman–Crippen LogP) is 2.46. The van der Waals surface area contributed by atoms with Crippen molar-refractivity contribution in [1.29, 1.82) is 0 Å². The number of hydrogen-bond donors (Lipinski definition) is 0. The van der Waals surface area contributed by atoms with Crippen molar-refractivity contribution in [1.82, 2.24) is 4.90 Å². The Kier molecular flexibility index (Phi) is 3.51. The largest absolute Gasteiger partial charge is 0.300 e. The van der Waals surface area contributed by atoms with Crippen LogP contribution >= 0.6 is 0 Å². The Morgan fingerprint density at radius 2 is 1.67 bits per heavy atom. The maximum absolute atomic E-state index is 12.8. The molecular formula is C10H20FN. The Balaban J connectivity index is 2.34. The van der Waals surface area contributed by atoms with Crippen LogP contribution in [0.25, 0.3) is 0 Å². The van der Waals surface area contributed by atoms with Crippen LogP contribution in [0.4, 0.5) is 4.39 Å². The smallest absolute Gasteiger partial charge is 0.103 e. The third-order valence-corrected chi connectivity index (χ3v) is 3.00. The molecule has 1 saturated heterocycles. The molecule has 0 aromatic rings. The van der Waals surface area contributed by atoms with Crippen LogP contribution in [-0.2, 0) is 0 Å². The molecule has 0 aromatic carbocycles. The van der Waals surface area contributed by atoms with Crippen molar-refractivity contribution in [2.75, 3.05) is 13.1 Å². The predicted molar refractivity (Wildman–Crippen MR) is 50.0 cm³/mol. The third kappa shape index (κ3) is 2.44. The van der Waals surface area contributed by atoms with E-state index in [0.717, 1.165) is 25.9 Å². The summed E-state index contributed by atoms with van der Waals surface area (Å²) in [6.07, 6.45) is 0.925. The number of nitrogens with zero attached hydrogens (tertiary/aromatic N) is 1. The summed E-state index contributed by atoms with van der Waals surface area (Å²) in [4.78, 5) is 2.40. The summed E-state index contributed by atoms with van der Waals surface area (Å²) in [7, 11) is 0. The highest BCUT2D eigenvalue weighted by Gasteiger charge is 2.23. The fourth-order valence-electron chi connectivity index (χ4n) is 1.70. The van der Waals surface area contributed by atoms with Gasteiger partial charge in [-0.05, 0) is 25.7 Å². The number of hydrogen-bond acceptors (Lipinski definition) is 1. The number of halogens is 1. The molecular weight excluding hydrogens is 153 g/mol. The monoisotopic (exact) mass is 173 g/mol. The lowest BCUT2D eigenvalue weighted by atomic mass is 10.0. The van der Waals surface area contributed by atoms with Crippen LogP contribution in [0.3, 0.4) is 0 Å². The first-order valence-electron chi connectivity index (χ1n) is 4.99. The third-order valence-electron chi connectivity index (χ3n) is 3.00. The highest BCUT2D eigenvalue weighted by molar-refractivity contribution is 4.77. The molecule has 0 aliphatic carbocycles.